The lowest BCUT2D eigenvalue weighted by Crippen LogP contribution is -2.43. The third-order valence-electron chi connectivity index (χ3n) is 3.54. The Bertz CT molecular complexity index is 469. The van der Waals surface area contributed by atoms with E-state index in [4.69, 9.17) is 19.5 Å². The summed E-state index contributed by atoms with van der Waals surface area (Å²) in [6.45, 7) is 5.15. The molecule has 108 valence electrons. The monoisotopic (exact) mass is 275 g/mol. The summed E-state index contributed by atoms with van der Waals surface area (Å²) in [5, 5.41) is 8.57. The van der Waals surface area contributed by atoms with Gasteiger partial charge in [0.15, 0.2) is 6.29 Å². The first kappa shape index (κ1) is 15.0. The molecule has 0 saturated carbocycles. The molecule has 1 heterocycles. The first-order chi connectivity index (χ1) is 9.70. The lowest BCUT2D eigenvalue weighted by molar-refractivity contribution is -0.259. The number of ether oxygens (including phenoxy) is 3. The lowest BCUT2D eigenvalue weighted by atomic mass is 10.1. The molecule has 0 spiro atoms. The van der Waals surface area contributed by atoms with Crippen molar-refractivity contribution < 1.29 is 14.2 Å². The van der Waals surface area contributed by atoms with E-state index in [1.807, 2.05) is 19.1 Å². The van der Waals surface area contributed by atoms with Crippen LogP contribution in [0, 0.1) is 18.3 Å². The van der Waals surface area contributed by atoms with Crippen LogP contribution in [-0.4, -0.2) is 25.1 Å². The minimum Gasteiger partial charge on any atom is -0.368 e. The first-order valence-corrected chi connectivity index (χ1v) is 7.01. The van der Waals surface area contributed by atoms with Crippen LogP contribution in [0.5, 0.6) is 0 Å². The fraction of sp³-hybridized carbons (Fsp3) is 0.562. The summed E-state index contributed by atoms with van der Waals surface area (Å²) in [5.41, 5.74) is 2.41. The van der Waals surface area contributed by atoms with Crippen LogP contribution in [0.4, 0.5) is 0 Å². The highest BCUT2D eigenvalue weighted by Gasteiger charge is 2.29. The zero-order valence-electron chi connectivity index (χ0n) is 12.0. The van der Waals surface area contributed by atoms with Gasteiger partial charge in [0, 0.05) is 12.8 Å². The molecule has 0 N–H and O–H groups in total. The molecule has 1 fully saturated rings. The van der Waals surface area contributed by atoms with Crippen molar-refractivity contribution in [2.45, 2.75) is 51.8 Å². The van der Waals surface area contributed by atoms with E-state index in [1.54, 1.807) is 0 Å². The predicted molar refractivity (Wildman–Crippen MR) is 74.9 cm³/mol. The molecule has 0 unspecified atom stereocenters. The summed E-state index contributed by atoms with van der Waals surface area (Å²) in [6, 6.07) is 10.3. The second-order valence-electron chi connectivity index (χ2n) is 5.08. The molecule has 1 aromatic rings. The van der Waals surface area contributed by atoms with E-state index < -0.39 is 0 Å². The predicted octanol–water partition coefficient (Wildman–Crippen LogP) is 2.95. The molecule has 2 rings (SSSR count). The van der Waals surface area contributed by atoms with Gasteiger partial charge < -0.3 is 14.2 Å². The summed E-state index contributed by atoms with van der Waals surface area (Å²) in [7, 11) is 0. The van der Waals surface area contributed by atoms with Gasteiger partial charge >= 0.3 is 0 Å². The Morgan fingerprint density at radius 1 is 1.40 bits per heavy atom. The zero-order valence-corrected chi connectivity index (χ0v) is 12.0. The Morgan fingerprint density at radius 2 is 2.20 bits per heavy atom. The molecule has 4 heteroatoms. The van der Waals surface area contributed by atoms with Crippen LogP contribution >= 0.6 is 0 Å². The van der Waals surface area contributed by atoms with E-state index in [1.165, 1.54) is 11.1 Å². The van der Waals surface area contributed by atoms with Crippen LogP contribution in [0.25, 0.3) is 0 Å². The molecule has 1 aromatic carbocycles. The summed E-state index contributed by atoms with van der Waals surface area (Å²) in [4.78, 5) is 0. The van der Waals surface area contributed by atoms with Crippen molar-refractivity contribution in [1.82, 2.24) is 0 Å². The van der Waals surface area contributed by atoms with Crippen molar-refractivity contribution in [1.29, 1.82) is 5.26 Å². The van der Waals surface area contributed by atoms with Crippen molar-refractivity contribution in [3.8, 4) is 6.07 Å². The largest absolute Gasteiger partial charge is 0.368 e. The van der Waals surface area contributed by atoms with E-state index in [-0.39, 0.29) is 18.5 Å². The molecule has 0 bridgehead atoms. The number of nitriles is 1. The van der Waals surface area contributed by atoms with E-state index in [0.29, 0.717) is 26.1 Å². The van der Waals surface area contributed by atoms with Crippen LogP contribution in [-0.2, 0) is 20.8 Å². The highest BCUT2D eigenvalue weighted by atomic mass is 16.7. The van der Waals surface area contributed by atoms with E-state index >= 15 is 0 Å². The summed E-state index contributed by atoms with van der Waals surface area (Å²) in [6.07, 6.45) is 0.713. The van der Waals surface area contributed by atoms with Gasteiger partial charge in [0.2, 0.25) is 0 Å². The van der Waals surface area contributed by atoms with Gasteiger partial charge in [0.1, 0.15) is 6.10 Å². The second kappa shape index (κ2) is 7.39. The van der Waals surface area contributed by atoms with Gasteiger partial charge in [-0.25, -0.2) is 0 Å². The quantitative estimate of drug-likeness (QED) is 0.829. The molecule has 1 saturated heterocycles. The van der Waals surface area contributed by atoms with Crippen molar-refractivity contribution in [2.75, 3.05) is 6.61 Å². The van der Waals surface area contributed by atoms with Crippen molar-refractivity contribution >= 4 is 0 Å². The van der Waals surface area contributed by atoms with Gasteiger partial charge in [-0.15, -0.1) is 0 Å². The number of aryl methyl sites for hydroxylation is 1. The third-order valence-corrected chi connectivity index (χ3v) is 3.54. The van der Waals surface area contributed by atoms with E-state index in [9.17, 15) is 0 Å². The Balaban J connectivity index is 1.80. The Kier molecular flexibility index (Phi) is 5.54. The molecule has 1 aliphatic rings. The van der Waals surface area contributed by atoms with Gasteiger partial charge in [0.25, 0.3) is 0 Å². The van der Waals surface area contributed by atoms with Crippen LogP contribution in [0.15, 0.2) is 24.3 Å². The normalized spacial score (nSPS) is 26.1. The maximum atomic E-state index is 8.57. The number of nitrogens with zero attached hydrogens (tertiary/aromatic N) is 1. The molecule has 4 nitrogen and oxygen atoms in total. The van der Waals surface area contributed by atoms with Gasteiger partial charge in [-0.05, 0) is 25.0 Å². The maximum absolute atomic E-state index is 8.57. The molecular weight excluding hydrogens is 254 g/mol. The Labute approximate surface area is 120 Å². The molecule has 0 amide bonds. The fourth-order valence-corrected chi connectivity index (χ4v) is 2.19. The van der Waals surface area contributed by atoms with Crippen molar-refractivity contribution in [3.63, 3.8) is 0 Å². The highest BCUT2D eigenvalue weighted by molar-refractivity contribution is 5.24. The van der Waals surface area contributed by atoms with Gasteiger partial charge in [-0.2, -0.15) is 5.26 Å². The van der Waals surface area contributed by atoms with Crippen LogP contribution in [0.2, 0.25) is 0 Å². The number of hydrogen-bond donors (Lipinski definition) is 0. The molecule has 0 aromatic heterocycles. The average Bonchev–Trinajstić information content (AvgIpc) is 2.45. The van der Waals surface area contributed by atoms with Gasteiger partial charge in [-0.1, -0.05) is 24.3 Å². The van der Waals surface area contributed by atoms with E-state index in [0.717, 1.165) is 0 Å². The topological polar surface area (TPSA) is 51.5 Å². The summed E-state index contributed by atoms with van der Waals surface area (Å²) in [5.74, 6) is 0. The van der Waals surface area contributed by atoms with Crippen molar-refractivity contribution in [3.05, 3.63) is 35.4 Å². The highest BCUT2D eigenvalue weighted by Crippen LogP contribution is 2.20. The summed E-state index contributed by atoms with van der Waals surface area (Å²) < 4.78 is 17.2. The smallest absolute Gasteiger partial charge is 0.159 e. The molecule has 0 radical (unpaired) electrons. The van der Waals surface area contributed by atoms with Crippen molar-refractivity contribution in [2.24, 2.45) is 0 Å². The van der Waals surface area contributed by atoms with Crippen LogP contribution in [0.3, 0.4) is 0 Å². The maximum Gasteiger partial charge on any atom is 0.159 e. The Morgan fingerprint density at radius 3 is 2.90 bits per heavy atom. The number of benzene rings is 1. The van der Waals surface area contributed by atoms with Gasteiger partial charge in [-0.3, -0.25) is 0 Å². The minimum absolute atomic E-state index is 0.0172. The third kappa shape index (κ3) is 4.04. The number of rotatable bonds is 5. The minimum atomic E-state index is -0.275. The SMILES string of the molecule is Cc1ccccc1CO[C@@H]1CO[C@H](CCC#N)O[C@@H]1C. The molecular formula is C16H21NO3. The number of hydrogen-bond acceptors (Lipinski definition) is 4. The molecule has 1 aliphatic heterocycles. The lowest BCUT2D eigenvalue weighted by Gasteiger charge is -2.34. The van der Waals surface area contributed by atoms with Crippen LogP contribution < -0.4 is 0 Å². The molecule has 0 aliphatic carbocycles. The van der Waals surface area contributed by atoms with Gasteiger partial charge in [0.05, 0.1) is 25.4 Å². The average molecular weight is 275 g/mol. The zero-order chi connectivity index (χ0) is 14.4. The second-order valence-corrected chi connectivity index (χ2v) is 5.08. The fourth-order valence-electron chi connectivity index (χ4n) is 2.19. The summed E-state index contributed by atoms with van der Waals surface area (Å²) >= 11 is 0. The van der Waals surface area contributed by atoms with E-state index in [2.05, 4.69) is 25.1 Å². The Hall–Kier alpha value is -1.41. The van der Waals surface area contributed by atoms with Crippen LogP contribution in [0.1, 0.15) is 30.9 Å². The standard InChI is InChI=1S/C16H21NO3/c1-12-6-3-4-7-14(12)10-18-15-11-19-16(8-5-9-17)20-13(15)2/h3-4,6-7,13,15-16H,5,8,10-11H2,1-2H3/t13-,15-,16+/m1/s1. The molecule has 20 heavy (non-hydrogen) atoms. The molecule has 3 atom stereocenters. The first-order valence-electron chi connectivity index (χ1n) is 7.01.